The van der Waals surface area contributed by atoms with Gasteiger partial charge in [-0.05, 0) is 37.2 Å². The second-order valence-corrected chi connectivity index (χ2v) is 6.83. The molecule has 0 unspecified atom stereocenters. The van der Waals surface area contributed by atoms with Crippen molar-refractivity contribution < 1.29 is 4.79 Å². The molecule has 0 aliphatic carbocycles. The van der Waals surface area contributed by atoms with Crippen LogP contribution in [0.25, 0.3) is 21.7 Å². The molecule has 0 fully saturated rings. The molecule has 0 atom stereocenters. The summed E-state index contributed by atoms with van der Waals surface area (Å²) in [5, 5.41) is 0. The van der Waals surface area contributed by atoms with Gasteiger partial charge in [-0.15, -0.1) is 11.3 Å². The highest BCUT2D eigenvalue weighted by Gasteiger charge is 2.19. The van der Waals surface area contributed by atoms with Gasteiger partial charge >= 0.3 is 0 Å². The molecule has 0 spiro atoms. The lowest BCUT2D eigenvalue weighted by Gasteiger charge is -2.21. The number of amides is 1. The molecule has 3 N–H and O–H groups in total. The molecule has 1 aliphatic rings. The zero-order valence-electron chi connectivity index (χ0n) is 12.2. The molecule has 0 radical (unpaired) electrons. The summed E-state index contributed by atoms with van der Waals surface area (Å²) in [4.78, 5) is 24.3. The van der Waals surface area contributed by atoms with Gasteiger partial charge in [0.25, 0.3) is 5.91 Å². The highest BCUT2D eigenvalue weighted by molar-refractivity contribution is 7.15. The van der Waals surface area contributed by atoms with Gasteiger partial charge in [-0.3, -0.25) is 4.79 Å². The molecule has 3 aromatic rings. The summed E-state index contributed by atoms with van der Waals surface area (Å²) in [6.07, 6.45) is 1.08. The topological polar surface area (TPSA) is 75.0 Å². The molecule has 2 aromatic heterocycles. The Bertz CT molecular complexity index is 880. The molecule has 1 amide bonds. The minimum Gasteiger partial charge on any atom is -0.366 e. The van der Waals surface area contributed by atoms with Crippen LogP contribution in [-0.4, -0.2) is 34.4 Å². The van der Waals surface area contributed by atoms with Crippen LogP contribution >= 0.6 is 11.3 Å². The van der Waals surface area contributed by atoms with Crippen LogP contribution in [-0.2, 0) is 13.0 Å². The highest BCUT2D eigenvalue weighted by Crippen LogP contribution is 2.34. The fraction of sp³-hybridized carbons (Fsp3) is 0.250. The van der Waals surface area contributed by atoms with Crippen molar-refractivity contribution in [2.75, 3.05) is 13.6 Å². The van der Waals surface area contributed by atoms with E-state index in [4.69, 9.17) is 5.73 Å². The van der Waals surface area contributed by atoms with Gasteiger partial charge in [-0.2, -0.15) is 0 Å². The van der Waals surface area contributed by atoms with E-state index in [1.54, 1.807) is 17.4 Å². The van der Waals surface area contributed by atoms with Crippen LogP contribution in [0.15, 0.2) is 24.3 Å². The average molecular weight is 312 g/mol. The molecule has 112 valence electrons. The number of rotatable bonds is 2. The Morgan fingerprint density at radius 3 is 3.14 bits per heavy atom. The first-order valence-corrected chi connectivity index (χ1v) is 8.02. The third kappa shape index (κ3) is 2.12. The van der Waals surface area contributed by atoms with E-state index in [9.17, 15) is 4.79 Å². The maximum atomic E-state index is 11.5. The van der Waals surface area contributed by atoms with E-state index in [0.717, 1.165) is 35.7 Å². The number of benzene rings is 1. The zero-order chi connectivity index (χ0) is 15.3. The van der Waals surface area contributed by atoms with Crippen LogP contribution < -0.4 is 5.73 Å². The quantitative estimate of drug-likeness (QED) is 0.763. The van der Waals surface area contributed by atoms with Gasteiger partial charge in [0.15, 0.2) is 0 Å². The number of fused-ring (bicyclic) bond motifs is 2. The molecule has 3 heterocycles. The Kier molecular flexibility index (Phi) is 3.02. The first-order valence-electron chi connectivity index (χ1n) is 7.21. The third-order valence-corrected chi connectivity index (χ3v) is 5.25. The van der Waals surface area contributed by atoms with Crippen molar-refractivity contribution in [3.63, 3.8) is 0 Å². The van der Waals surface area contributed by atoms with Gasteiger partial charge in [0.05, 0.1) is 16.0 Å². The van der Waals surface area contributed by atoms with Gasteiger partial charge in [0, 0.05) is 18.0 Å². The summed E-state index contributed by atoms with van der Waals surface area (Å²) >= 11 is 1.77. The lowest BCUT2D eigenvalue weighted by molar-refractivity contribution is 0.100. The maximum absolute atomic E-state index is 11.5. The van der Waals surface area contributed by atoms with Crippen molar-refractivity contribution in [1.29, 1.82) is 0 Å². The molecule has 0 bridgehead atoms. The molecular formula is C16H16N4OS. The predicted molar refractivity (Wildman–Crippen MR) is 88.0 cm³/mol. The van der Waals surface area contributed by atoms with Gasteiger partial charge < -0.3 is 15.6 Å². The van der Waals surface area contributed by atoms with E-state index in [-0.39, 0.29) is 0 Å². The van der Waals surface area contributed by atoms with E-state index in [2.05, 4.69) is 28.0 Å². The standard InChI is InChI=1S/C16H16N4OS/c1-20-6-5-9-7-12(22-13(9)8-20)16-18-11-4-2-3-10(15(17)21)14(11)19-16/h2-4,7H,5-6,8H2,1H3,(H2,17,21)(H,18,19). The third-order valence-electron chi connectivity index (χ3n) is 4.08. The number of H-pyrrole nitrogens is 1. The molecule has 0 saturated carbocycles. The molecular weight excluding hydrogens is 296 g/mol. The molecule has 0 saturated heterocycles. The van der Waals surface area contributed by atoms with E-state index in [1.165, 1.54) is 10.4 Å². The number of hydrogen-bond donors (Lipinski definition) is 2. The fourth-order valence-electron chi connectivity index (χ4n) is 2.91. The number of carbonyl (C=O) groups is 1. The number of aromatic amines is 1. The second-order valence-electron chi connectivity index (χ2n) is 5.70. The van der Waals surface area contributed by atoms with Gasteiger partial charge in [0.1, 0.15) is 11.3 Å². The summed E-state index contributed by atoms with van der Waals surface area (Å²) in [7, 11) is 2.14. The van der Waals surface area contributed by atoms with Crippen LogP contribution in [0.4, 0.5) is 0 Å². The summed E-state index contributed by atoms with van der Waals surface area (Å²) in [5.41, 5.74) is 8.79. The Morgan fingerprint density at radius 2 is 2.32 bits per heavy atom. The summed E-state index contributed by atoms with van der Waals surface area (Å²) in [5.74, 6) is 0.363. The number of likely N-dealkylation sites (N-methyl/N-ethyl adjacent to an activating group) is 1. The largest absolute Gasteiger partial charge is 0.366 e. The number of para-hydroxylation sites is 1. The Morgan fingerprint density at radius 1 is 1.45 bits per heavy atom. The second kappa shape index (κ2) is 4.93. The predicted octanol–water partition coefficient (Wildman–Crippen LogP) is 2.38. The smallest absolute Gasteiger partial charge is 0.250 e. The zero-order valence-corrected chi connectivity index (χ0v) is 13.0. The molecule has 4 rings (SSSR count). The summed E-state index contributed by atoms with van der Waals surface area (Å²) < 4.78 is 0. The number of aromatic nitrogens is 2. The van der Waals surface area contributed by atoms with Gasteiger partial charge in [-0.25, -0.2) is 4.98 Å². The van der Waals surface area contributed by atoms with Crippen LogP contribution in [0.1, 0.15) is 20.8 Å². The number of nitrogens with two attached hydrogens (primary N) is 1. The van der Waals surface area contributed by atoms with Crippen LogP contribution in [0.3, 0.4) is 0 Å². The van der Waals surface area contributed by atoms with Crippen molar-refractivity contribution >= 4 is 28.3 Å². The number of primary amides is 1. The van der Waals surface area contributed by atoms with Gasteiger partial charge in [0.2, 0.25) is 0 Å². The number of carbonyl (C=O) groups excluding carboxylic acids is 1. The lowest BCUT2D eigenvalue weighted by atomic mass is 10.1. The molecule has 5 nitrogen and oxygen atoms in total. The normalized spacial score (nSPS) is 15.1. The first kappa shape index (κ1) is 13.5. The van der Waals surface area contributed by atoms with Crippen molar-refractivity contribution in [2.45, 2.75) is 13.0 Å². The lowest BCUT2D eigenvalue weighted by Crippen LogP contribution is -2.24. The van der Waals surface area contributed by atoms with E-state index < -0.39 is 5.91 Å². The minimum atomic E-state index is -0.448. The number of thiophene rings is 1. The van der Waals surface area contributed by atoms with Gasteiger partial charge in [-0.1, -0.05) is 6.07 Å². The number of nitrogens with one attached hydrogen (secondary N) is 1. The van der Waals surface area contributed by atoms with E-state index in [0.29, 0.717) is 11.1 Å². The van der Waals surface area contributed by atoms with Crippen LogP contribution in [0, 0.1) is 0 Å². The summed E-state index contributed by atoms with van der Waals surface area (Å²) in [6.45, 7) is 2.09. The van der Waals surface area contributed by atoms with Crippen molar-refractivity contribution in [3.05, 3.63) is 40.3 Å². The maximum Gasteiger partial charge on any atom is 0.250 e. The fourth-order valence-corrected chi connectivity index (χ4v) is 4.15. The number of nitrogens with zero attached hydrogens (tertiary/aromatic N) is 2. The van der Waals surface area contributed by atoms with Crippen molar-refractivity contribution in [2.24, 2.45) is 5.73 Å². The number of imidazole rings is 1. The van der Waals surface area contributed by atoms with Crippen LogP contribution in [0.2, 0.25) is 0 Å². The van der Waals surface area contributed by atoms with Crippen molar-refractivity contribution in [1.82, 2.24) is 14.9 Å². The summed E-state index contributed by atoms with van der Waals surface area (Å²) in [6, 6.07) is 7.66. The first-order chi connectivity index (χ1) is 10.6. The Labute approximate surface area is 131 Å². The Balaban J connectivity index is 1.82. The molecule has 6 heteroatoms. The van der Waals surface area contributed by atoms with Crippen LogP contribution in [0.5, 0.6) is 0 Å². The molecule has 1 aliphatic heterocycles. The average Bonchev–Trinajstić information content (AvgIpc) is 3.09. The SMILES string of the molecule is CN1CCc2cc(-c3nc4c(C(N)=O)cccc4[nH]3)sc2C1. The molecule has 22 heavy (non-hydrogen) atoms. The van der Waals surface area contributed by atoms with E-state index >= 15 is 0 Å². The Hall–Kier alpha value is -2.18. The number of hydrogen-bond acceptors (Lipinski definition) is 4. The van der Waals surface area contributed by atoms with Crippen molar-refractivity contribution in [3.8, 4) is 10.7 Å². The highest BCUT2D eigenvalue weighted by atomic mass is 32.1. The van der Waals surface area contributed by atoms with E-state index in [1.807, 2.05) is 12.1 Å². The minimum absolute atomic E-state index is 0.448. The monoisotopic (exact) mass is 312 g/mol. The molecule has 1 aromatic carbocycles.